The van der Waals surface area contributed by atoms with Crippen LogP contribution in [0.15, 0.2) is 12.3 Å². The summed E-state index contributed by atoms with van der Waals surface area (Å²) in [5.41, 5.74) is 0.662. The number of rotatable bonds is 2. The van der Waals surface area contributed by atoms with Crippen LogP contribution in [-0.4, -0.2) is 15.6 Å². The van der Waals surface area contributed by atoms with E-state index in [0.717, 1.165) is 12.3 Å². The lowest BCUT2D eigenvalue weighted by molar-refractivity contribution is 0.0868. The van der Waals surface area contributed by atoms with Crippen molar-refractivity contribution in [2.24, 2.45) is 24.8 Å². The number of Topliss-reactive ketones (excluding diaryl/α,β-unsaturated/α-hetero) is 1. The van der Waals surface area contributed by atoms with Gasteiger partial charge in [0.05, 0.1) is 0 Å². The summed E-state index contributed by atoms with van der Waals surface area (Å²) < 4.78 is 1.71. The van der Waals surface area contributed by atoms with Gasteiger partial charge in [-0.05, 0) is 37.2 Å². The van der Waals surface area contributed by atoms with E-state index in [-0.39, 0.29) is 11.7 Å². The van der Waals surface area contributed by atoms with Gasteiger partial charge in [0.1, 0.15) is 5.69 Å². The van der Waals surface area contributed by atoms with Crippen molar-refractivity contribution in [3.63, 3.8) is 0 Å². The second kappa shape index (κ2) is 3.19. The highest BCUT2D eigenvalue weighted by molar-refractivity contribution is 5.96. The maximum absolute atomic E-state index is 12.2. The number of ketones is 1. The Balaban J connectivity index is 1.81. The topological polar surface area (TPSA) is 34.9 Å². The first kappa shape index (κ1) is 9.13. The van der Waals surface area contributed by atoms with Gasteiger partial charge in [0.2, 0.25) is 0 Å². The molecule has 3 nitrogen and oxygen atoms in total. The van der Waals surface area contributed by atoms with Gasteiger partial charge in [0, 0.05) is 19.2 Å². The predicted molar refractivity (Wildman–Crippen MR) is 56.5 cm³/mol. The van der Waals surface area contributed by atoms with Crippen LogP contribution in [0.25, 0.3) is 0 Å². The summed E-state index contributed by atoms with van der Waals surface area (Å²) >= 11 is 0. The van der Waals surface area contributed by atoms with Crippen molar-refractivity contribution in [3.8, 4) is 0 Å². The fourth-order valence-electron chi connectivity index (χ4n) is 3.30. The molecule has 1 aromatic rings. The standard InChI is InChI=1S/C12H16N2O/c1-14-5-4-11(13-14)12(15)10-7-8-2-3-9(10)6-8/h4-5,8-10H,2-3,6-7H2,1H3. The monoisotopic (exact) mass is 204 g/mol. The van der Waals surface area contributed by atoms with Gasteiger partial charge in [-0.15, -0.1) is 0 Å². The number of aromatic nitrogens is 2. The quantitative estimate of drug-likeness (QED) is 0.691. The first-order valence-electron chi connectivity index (χ1n) is 5.78. The van der Waals surface area contributed by atoms with Crippen LogP contribution in [0, 0.1) is 17.8 Å². The van der Waals surface area contributed by atoms with Crippen LogP contribution in [0.4, 0.5) is 0 Å². The molecule has 3 atom stereocenters. The molecule has 80 valence electrons. The van der Waals surface area contributed by atoms with Crippen LogP contribution >= 0.6 is 0 Å². The molecule has 0 spiro atoms. The van der Waals surface area contributed by atoms with Gasteiger partial charge in [-0.2, -0.15) is 5.10 Å². The van der Waals surface area contributed by atoms with Crippen LogP contribution in [-0.2, 0) is 7.05 Å². The molecule has 3 rings (SSSR count). The largest absolute Gasteiger partial charge is 0.292 e. The Morgan fingerprint density at radius 3 is 2.87 bits per heavy atom. The Bertz CT molecular complexity index is 396. The minimum absolute atomic E-state index is 0.277. The fraction of sp³-hybridized carbons (Fsp3) is 0.667. The molecule has 0 aliphatic heterocycles. The lowest BCUT2D eigenvalue weighted by Crippen LogP contribution is -2.21. The van der Waals surface area contributed by atoms with Gasteiger partial charge in [-0.25, -0.2) is 0 Å². The van der Waals surface area contributed by atoms with Crippen molar-refractivity contribution in [1.82, 2.24) is 9.78 Å². The minimum Gasteiger partial charge on any atom is -0.292 e. The zero-order chi connectivity index (χ0) is 10.4. The van der Waals surface area contributed by atoms with E-state index in [4.69, 9.17) is 0 Å². The molecule has 2 aliphatic carbocycles. The maximum atomic E-state index is 12.2. The lowest BCUT2D eigenvalue weighted by atomic mass is 9.85. The molecule has 2 aliphatic rings. The van der Waals surface area contributed by atoms with E-state index in [9.17, 15) is 4.79 Å². The minimum atomic E-state index is 0.277. The Labute approximate surface area is 89.5 Å². The molecular formula is C12H16N2O. The SMILES string of the molecule is Cn1ccc(C(=O)C2CC3CCC2C3)n1. The maximum Gasteiger partial charge on any atom is 0.186 e. The van der Waals surface area contributed by atoms with Crippen molar-refractivity contribution >= 4 is 5.78 Å². The first-order valence-corrected chi connectivity index (χ1v) is 5.78. The highest BCUT2D eigenvalue weighted by Gasteiger charge is 2.43. The van der Waals surface area contributed by atoms with E-state index in [2.05, 4.69) is 5.10 Å². The van der Waals surface area contributed by atoms with Crippen LogP contribution in [0.5, 0.6) is 0 Å². The number of carbonyl (C=O) groups is 1. The third kappa shape index (κ3) is 1.41. The molecule has 0 N–H and O–H groups in total. The average Bonchev–Trinajstić information content (AvgIpc) is 2.90. The van der Waals surface area contributed by atoms with Crippen molar-refractivity contribution in [3.05, 3.63) is 18.0 Å². The summed E-state index contributed by atoms with van der Waals surface area (Å²) in [5.74, 6) is 2.04. The Morgan fingerprint density at radius 1 is 1.47 bits per heavy atom. The average molecular weight is 204 g/mol. The van der Waals surface area contributed by atoms with Crippen LogP contribution in [0.3, 0.4) is 0 Å². The molecule has 3 heteroatoms. The Kier molecular flexibility index (Phi) is 1.94. The Morgan fingerprint density at radius 2 is 2.33 bits per heavy atom. The molecule has 0 radical (unpaired) electrons. The molecule has 3 unspecified atom stereocenters. The van der Waals surface area contributed by atoms with E-state index >= 15 is 0 Å². The number of carbonyl (C=O) groups excluding carboxylic acids is 1. The van der Waals surface area contributed by atoms with Crippen LogP contribution in [0.1, 0.15) is 36.2 Å². The van der Waals surface area contributed by atoms with Gasteiger partial charge in [-0.3, -0.25) is 9.48 Å². The smallest absolute Gasteiger partial charge is 0.186 e. The van der Waals surface area contributed by atoms with Gasteiger partial charge >= 0.3 is 0 Å². The van der Waals surface area contributed by atoms with Crippen LogP contribution in [0.2, 0.25) is 0 Å². The zero-order valence-corrected chi connectivity index (χ0v) is 9.02. The number of fused-ring (bicyclic) bond motifs is 2. The molecule has 2 bridgehead atoms. The van der Waals surface area contributed by atoms with Gasteiger partial charge < -0.3 is 0 Å². The van der Waals surface area contributed by atoms with Crippen molar-refractivity contribution in [2.75, 3.05) is 0 Å². The summed E-state index contributed by atoms with van der Waals surface area (Å²) in [6.07, 6.45) is 6.84. The van der Waals surface area contributed by atoms with E-state index in [1.807, 2.05) is 19.3 Å². The number of aryl methyl sites for hydroxylation is 1. The second-order valence-electron chi connectivity index (χ2n) is 5.02. The van der Waals surface area contributed by atoms with Crippen LogP contribution < -0.4 is 0 Å². The lowest BCUT2D eigenvalue weighted by Gasteiger charge is -2.18. The van der Waals surface area contributed by atoms with E-state index in [0.29, 0.717) is 11.6 Å². The summed E-state index contributed by atoms with van der Waals surface area (Å²) in [6, 6.07) is 1.84. The summed E-state index contributed by atoms with van der Waals surface area (Å²) in [6.45, 7) is 0. The second-order valence-corrected chi connectivity index (χ2v) is 5.02. The summed E-state index contributed by atoms with van der Waals surface area (Å²) in [7, 11) is 1.86. The highest BCUT2D eigenvalue weighted by atomic mass is 16.1. The summed E-state index contributed by atoms with van der Waals surface area (Å²) in [4.78, 5) is 12.2. The molecular weight excluding hydrogens is 188 g/mol. The molecule has 0 aromatic carbocycles. The molecule has 0 amide bonds. The number of nitrogens with zero attached hydrogens (tertiary/aromatic N) is 2. The number of hydrogen-bond donors (Lipinski definition) is 0. The highest BCUT2D eigenvalue weighted by Crippen LogP contribution is 2.49. The first-order chi connectivity index (χ1) is 7.24. The third-order valence-corrected chi connectivity index (χ3v) is 4.04. The van der Waals surface area contributed by atoms with Crippen molar-refractivity contribution in [2.45, 2.75) is 25.7 Å². The normalized spacial score (nSPS) is 33.5. The molecule has 1 aromatic heterocycles. The van der Waals surface area contributed by atoms with Crippen molar-refractivity contribution in [1.29, 1.82) is 0 Å². The van der Waals surface area contributed by atoms with Crippen molar-refractivity contribution < 1.29 is 4.79 Å². The van der Waals surface area contributed by atoms with Gasteiger partial charge in [-0.1, -0.05) is 6.42 Å². The fourth-order valence-corrected chi connectivity index (χ4v) is 3.30. The molecule has 2 fully saturated rings. The predicted octanol–water partition coefficient (Wildman–Crippen LogP) is 2.04. The third-order valence-electron chi connectivity index (χ3n) is 4.04. The molecule has 15 heavy (non-hydrogen) atoms. The van der Waals surface area contributed by atoms with E-state index in [1.54, 1.807) is 4.68 Å². The summed E-state index contributed by atoms with van der Waals surface area (Å²) in [5, 5.41) is 4.21. The van der Waals surface area contributed by atoms with E-state index < -0.39 is 0 Å². The Hall–Kier alpha value is -1.12. The number of hydrogen-bond acceptors (Lipinski definition) is 2. The molecule has 2 saturated carbocycles. The molecule has 0 saturated heterocycles. The molecule has 1 heterocycles. The van der Waals surface area contributed by atoms with Gasteiger partial charge in [0.15, 0.2) is 5.78 Å². The zero-order valence-electron chi connectivity index (χ0n) is 9.02. The van der Waals surface area contributed by atoms with E-state index in [1.165, 1.54) is 19.3 Å². The van der Waals surface area contributed by atoms with Gasteiger partial charge in [0.25, 0.3) is 0 Å².